The van der Waals surface area contributed by atoms with Gasteiger partial charge in [0.2, 0.25) is 0 Å². The molecule has 0 unspecified atom stereocenters. The number of hydrogen-bond donors (Lipinski definition) is 1. The van der Waals surface area contributed by atoms with Crippen molar-refractivity contribution in [3.8, 4) is 0 Å². The summed E-state index contributed by atoms with van der Waals surface area (Å²) in [6.45, 7) is 3.51. The van der Waals surface area contributed by atoms with Gasteiger partial charge in [0, 0.05) is 5.56 Å². The number of carbonyl (C=O) groups is 1. The minimum atomic E-state index is -0.764. The fraction of sp³-hybridized carbons (Fsp3) is 0.300. The van der Waals surface area contributed by atoms with Crippen LogP contribution in [0, 0.1) is 17.0 Å². The van der Waals surface area contributed by atoms with Gasteiger partial charge in [-0.25, -0.2) is 0 Å². The van der Waals surface area contributed by atoms with E-state index in [1.807, 2.05) is 6.92 Å². The third-order valence-corrected chi connectivity index (χ3v) is 2.22. The molecule has 0 atom stereocenters. The van der Waals surface area contributed by atoms with Crippen LogP contribution in [-0.2, 0) is 6.42 Å². The van der Waals surface area contributed by atoms with Crippen LogP contribution < -0.4 is 5.73 Å². The predicted molar refractivity (Wildman–Crippen MR) is 55.7 cm³/mol. The lowest BCUT2D eigenvalue weighted by Gasteiger charge is -2.05. The van der Waals surface area contributed by atoms with Crippen LogP contribution in [0.3, 0.4) is 0 Å². The molecule has 0 fully saturated rings. The second kappa shape index (κ2) is 4.08. The summed E-state index contributed by atoms with van der Waals surface area (Å²) >= 11 is 0. The summed E-state index contributed by atoms with van der Waals surface area (Å²) in [4.78, 5) is 21.2. The van der Waals surface area contributed by atoms with E-state index >= 15 is 0 Å². The Morgan fingerprint density at radius 2 is 2.13 bits per heavy atom. The number of nitro groups is 1. The summed E-state index contributed by atoms with van der Waals surface area (Å²) in [5, 5.41) is 10.7. The number of rotatable bonds is 3. The number of primary amides is 1. The van der Waals surface area contributed by atoms with Gasteiger partial charge in [0.05, 0.1) is 4.92 Å². The van der Waals surface area contributed by atoms with Gasteiger partial charge in [0.25, 0.3) is 11.6 Å². The molecule has 0 bridgehead atoms. The summed E-state index contributed by atoms with van der Waals surface area (Å²) in [5.74, 6) is -0.764. The molecule has 0 aliphatic carbocycles. The lowest BCUT2D eigenvalue weighted by Crippen LogP contribution is -2.14. The smallest absolute Gasteiger partial charge is 0.285 e. The van der Waals surface area contributed by atoms with Crippen molar-refractivity contribution in [1.29, 1.82) is 0 Å². The third kappa shape index (κ3) is 2.12. The van der Waals surface area contributed by atoms with Crippen molar-refractivity contribution < 1.29 is 9.72 Å². The normalized spacial score (nSPS) is 10.0. The molecular weight excluding hydrogens is 196 g/mol. The molecule has 0 spiro atoms. The lowest BCUT2D eigenvalue weighted by molar-refractivity contribution is -0.385. The zero-order chi connectivity index (χ0) is 11.6. The van der Waals surface area contributed by atoms with Crippen molar-refractivity contribution in [1.82, 2.24) is 0 Å². The molecule has 1 rings (SSSR count). The van der Waals surface area contributed by atoms with E-state index in [2.05, 4.69) is 0 Å². The van der Waals surface area contributed by atoms with E-state index in [1.54, 1.807) is 13.0 Å². The number of nitrogens with zero attached hydrogens (tertiary/aromatic N) is 1. The Balaban J connectivity index is 3.49. The van der Waals surface area contributed by atoms with Crippen LogP contribution in [0.25, 0.3) is 0 Å². The fourth-order valence-electron chi connectivity index (χ4n) is 1.49. The maximum atomic E-state index is 11.1. The molecule has 1 aromatic rings. The van der Waals surface area contributed by atoms with Crippen LogP contribution in [0.2, 0.25) is 0 Å². The molecule has 0 heterocycles. The van der Waals surface area contributed by atoms with Gasteiger partial charge in [-0.2, -0.15) is 0 Å². The zero-order valence-electron chi connectivity index (χ0n) is 8.61. The van der Waals surface area contributed by atoms with E-state index in [0.717, 1.165) is 5.56 Å². The Morgan fingerprint density at radius 3 is 2.53 bits per heavy atom. The Morgan fingerprint density at radius 1 is 1.53 bits per heavy atom. The Kier molecular flexibility index (Phi) is 3.04. The molecular formula is C10H12N2O3. The quantitative estimate of drug-likeness (QED) is 0.604. The van der Waals surface area contributed by atoms with Crippen molar-refractivity contribution >= 4 is 11.6 Å². The Labute approximate surface area is 87.0 Å². The van der Waals surface area contributed by atoms with Gasteiger partial charge < -0.3 is 5.73 Å². The van der Waals surface area contributed by atoms with E-state index < -0.39 is 10.8 Å². The summed E-state index contributed by atoms with van der Waals surface area (Å²) < 4.78 is 0. The highest BCUT2D eigenvalue weighted by Crippen LogP contribution is 2.25. The van der Waals surface area contributed by atoms with Crippen molar-refractivity contribution in [3.05, 3.63) is 38.9 Å². The largest absolute Gasteiger partial charge is 0.365 e. The first-order chi connectivity index (χ1) is 6.97. The average Bonchev–Trinajstić information content (AvgIpc) is 2.15. The number of amides is 1. The zero-order valence-corrected chi connectivity index (χ0v) is 8.61. The van der Waals surface area contributed by atoms with Gasteiger partial charge >= 0.3 is 0 Å². The highest BCUT2D eigenvalue weighted by atomic mass is 16.6. The first-order valence-corrected chi connectivity index (χ1v) is 4.55. The molecule has 80 valence electrons. The fourth-order valence-corrected chi connectivity index (χ4v) is 1.49. The van der Waals surface area contributed by atoms with E-state index in [1.165, 1.54) is 6.07 Å². The minimum absolute atomic E-state index is 0.0168. The van der Waals surface area contributed by atoms with Crippen molar-refractivity contribution in [2.75, 3.05) is 0 Å². The third-order valence-electron chi connectivity index (χ3n) is 2.22. The second-order valence-electron chi connectivity index (χ2n) is 3.28. The van der Waals surface area contributed by atoms with E-state index in [9.17, 15) is 14.9 Å². The van der Waals surface area contributed by atoms with Crippen molar-refractivity contribution in [2.24, 2.45) is 5.73 Å². The molecule has 0 aromatic heterocycles. The number of hydrogen-bond acceptors (Lipinski definition) is 3. The highest BCUT2D eigenvalue weighted by molar-refractivity contribution is 5.97. The van der Waals surface area contributed by atoms with Gasteiger partial charge in [-0.1, -0.05) is 6.92 Å². The number of aryl methyl sites for hydroxylation is 2. The summed E-state index contributed by atoms with van der Waals surface area (Å²) in [5.41, 5.74) is 6.22. The molecule has 1 aromatic carbocycles. The van der Waals surface area contributed by atoms with Crippen LogP contribution >= 0.6 is 0 Å². The van der Waals surface area contributed by atoms with Gasteiger partial charge in [-0.05, 0) is 31.0 Å². The molecule has 5 heteroatoms. The van der Waals surface area contributed by atoms with Crippen molar-refractivity contribution in [2.45, 2.75) is 20.3 Å². The predicted octanol–water partition coefficient (Wildman–Crippen LogP) is 1.56. The van der Waals surface area contributed by atoms with Gasteiger partial charge in [-0.3, -0.25) is 14.9 Å². The number of benzene rings is 1. The molecule has 0 saturated heterocycles. The van der Waals surface area contributed by atoms with Gasteiger partial charge in [0.1, 0.15) is 5.56 Å². The van der Waals surface area contributed by atoms with Crippen LogP contribution in [0.15, 0.2) is 12.1 Å². The van der Waals surface area contributed by atoms with E-state index in [0.29, 0.717) is 12.0 Å². The van der Waals surface area contributed by atoms with Crippen LogP contribution in [0.5, 0.6) is 0 Å². The molecule has 2 N–H and O–H groups in total. The molecule has 1 amide bonds. The summed E-state index contributed by atoms with van der Waals surface area (Å²) in [6.07, 6.45) is 0.707. The van der Waals surface area contributed by atoms with Crippen LogP contribution in [0.1, 0.15) is 28.4 Å². The maximum absolute atomic E-state index is 11.1. The Bertz CT molecular complexity index is 427. The van der Waals surface area contributed by atoms with Gasteiger partial charge in [-0.15, -0.1) is 0 Å². The lowest BCUT2D eigenvalue weighted by atomic mass is 10.0. The first kappa shape index (κ1) is 11.2. The minimum Gasteiger partial charge on any atom is -0.365 e. The van der Waals surface area contributed by atoms with Crippen molar-refractivity contribution in [3.63, 3.8) is 0 Å². The second-order valence-corrected chi connectivity index (χ2v) is 3.28. The SMILES string of the molecule is CCc1cc(C)c([N+](=O)[O-])c(C(N)=O)c1. The molecule has 5 nitrogen and oxygen atoms in total. The van der Waals surface area contributed by atoms with Crippen LogP contribution in [-0.4, -0.2) is 10.8 Å². The molecule has 0 aliphatic rings. The van der Waals surface area contributed by atoms with E-state index in [-0.39, 0.29) is 11.3 Å². The average molecular weight is 208 g/mol. The molecule has 15 heavy (non-hydrogen) atoms. The summed E-state index contributed by atoms with van der Waals surface area (Å²) in [6, 6.07) is 3.18. The summed E-state index contributed by atoms with van der Waals surface area (Å²) in [7, 11) is 0. The first-order valence-electron chi connectivity index (χ1n) is 4.55. The monoisotopic (exact) mass is 208 g/mol. The molecule has 0 aliphatic heterocycles. The molecule has 0 saturated carbocycles. The number of carbonyl (C=O) groups excluding carboxylic acids is 1. The van der Waals surface area contributed by atoms with Gasteiger partial charge in [0.15, 0.2) is 0 Å². The highest BCUT2D eigenvalue weighted by Gasteiger charge is 2.21. The number of nitro benzene ring substituents is 1. The maximum Gasteiger partial charge on any atom is 0.285 e. The van der Waals surface area contributed by atoms with E-state index in [4.69, 9.17) is 5.73 Å². The topological polar surface area (TPSA) is 86.2 Å². The number of nitrogens with two attached hydrogens (primary N) is 1. The standard InChI is InChI=1S/C10H12N2O3/c1-3-7-4-6(2)9(12(14)15)8(5-7)10(11)13/h4-5H,3H2,1-2H3,(H2,11,13). The Hall–Kier alpha value is -1.91. The van der Waals surface area contributed by atoms with Crippen LogP contribution in [0.4, 0.5) is 5.69 Å². The molecule has 0 radical (unpaired) electrons.